The number of rotatable bonds is 8. The van der Waals surface area contributed by atoms with Gasteiger partial charge in [0.1, 0.15) is 36.5 Å². The lowest BCUT2D eigenvalue weighted by Crippen LogP contribution is -2.33. The highest BCUT2D eigenvalue weighted by molar-refractivity contribution is 8.07. The molecule has 0 amide bonds. The quantitative estimate of drug-likeness (QED) is 0.201. The number of aromatic nitrogens is 6. The van der Waals surface area contributed by atoms with Crippen molar-refractivity contribution in [2.45, 2.75) is 56.6 Å². The van der Waals surface area contributed by atoms with Gasteiger partial charge in [-0.25, -0.2) is 19.7 Å². The average Bonchev–Trinajstić information content (AvgIpc) is 3.57. The number of nitrogens with zero attached hydrogens (tertiary/aromatic N) is 5. The van der Waals surface area contributed by atoms with E-state index in [-0.39, 0.29) is 25.3 Å². The molecule has 3 aromatic heterocycles. The molecule has 2 saturated heterocycles. The maximum Gasteiger partial charge on any atom is 0.330 e. The van der Waals surface area contributed by atoms with Crippen molar-refractivity contribution in [2.75, 3.05) is 18.9 Å². The lowest BCUT2D eigenvalue weighted by Gasteiger charge is -2.24. The number of ether oxygens (including phenoxy) is 2. The van der Waals surface area contributed by atoms with Gasteiger partial charge in [-0.05, 0) is 18.7 Å². The number of aryl methyl sites for hydroxylation is 1. The van der Waals surface area contributed by atoms with Crippen molar-refractivity contribution in [3.63, 3.8) is 0 Å². The Labute approximate surface area is 219 Å². The first-order chi connectivity index (χ1) is 18.1. The monoisotopic (exact) mass is 571 g/mol. The molecular formula is C20H26N7O9PS. The standard InChI is InChI=1S/C20H26N7O9PS/c1-9-4-26(20(31)25-19(9)30)14-2-10(29)13(35-14)6-33-37(32,38)36-11-3-15(34-12(11)5-28)27-8-24-16-17(21)22-7-23-18(16)27/h4,7-8,10-15,28-29H,2-3,5-6H2,1H3,(H,32,38)(H2,21,22,23)(H,25,30,31)/t10-,11-,12?,13?,14-,15-,37?/m1/s1. The molecule has 0 aromatic carbocycles. The number of aliphatic hydroxyl groups excluding tert-OH is 2. The summed E-state index contributed by atoms with van der Waals surface area (Å²) >= 11 is 5.16. The molecule has 5 rings (SSSR count). The lowest BCUT2D eigenvalue weighted by molar-refractivity contribution is -0.0521. The van der Waals surface area contributed by atoms with Gasteiger partial charge in [-0.15, -0.1) is 0 Å². The Morgan fingerprint density at radius 2 is 1.95 bits per heavy atom. The van der Waals surface area contributed by atoms with Crippen molar-refractivity contribution in [2.24, 2.45) is 0 Å². The van der Waals surface area contributed by atoms with Gasteiger partial charge in [-0.3, -0.25) is 18.9 Å². The molecule has 0 saturated carbocycles. The van der Waals surface area contributed by atoms with Crippen molar-refractivity contribution in [1.82, 2.24) is 29.1 Å². The zero-order valence-corrected chi connectivity index (χ0v) is 21.7. The molecule has 0 bridgehead atoms. The number of hydrogen-bond acceptors (Lipinski definition) is 13. The summed E-state index contributed by atoms with van der Waals surface area (Å²) in [6.45, 7) is -3.09. The van der Waals surface area contributed by atoms with Gasteiger partial charge in [-0.2, -0.15) is 0 Å². The lowest BCUT2D eigenvalue weighted by atomic mass is 10.2. The van der Waals surface area contributed by atoms with Gasteiger partial charge in [0.15, 0.2) is 11.5 Å². The third kappa shape index (κ3) is 5.29. The molecule has 6 N–H and O–H groups in total. The van der Waals surface area contributed by atoms with Gasteiger partial charge in [0.05, 0.1) is 31.7 Å². The predicted molar refractivity (Wildman–Crippen MR) is 133 cm³/mol. The Morgan fingerprint density at radius 1 is 1.21 bits per heavy atom. The Hall–Kier alpha value is -2.60. The fraction of sp³-hybridized carbons (Fsp3) is 0.550. The zero-order chi connectivity index (χ0) is 27.2. The molecule has 18 heteroatoms. The van der Waals surface area contributed by atoms with Gasteiger partial charge < -0.3 is 39.4 Å². The van der Waals surface area contributed by atoms with Gasteiger partial charge in [0.2, 0.25) is 0 Å². The largest absolute Gasteiger partial charge is 0.394 e. The normalized spacial score (nSPS) is 29.2. The Kier molecular flexibility index (Phi) is 7.47. The highest BCUT2D eigenvalue weighted by atomic mass is 32.5. The second-order valence-corrected chi connectivity index (χ2v) is 11.7. The molecule has 0 spiro atoms. The topological polar surface area (TPSA) is 222 Å². The molecule has 3 aromatic rings. The average molecular weight is 572 g/mol. The molecule has 5 heterocycles. The van der Waals surface area contributed by atoms with Crippen LogP contribution in [-0.4, -0.2) is 81.8 Å². The molecule has 38 heavy (non-hydrogen) atoms. The summed E-state index contributed by atoms with van der Waals surface area (Å²) in [5.41, 5.74) is 5.77. The van der Waals surface area contributed by atoms with Crippen LogP contribution in [0.25, 0.3) is 11.2 Å². The highest BCUT2D eigenvalue weighted by Crippen LogP contribution is 2.49. The Balaban J connectivity index is 1.22. The summed E-state index contributed by atoms with van der Waals surface area (Å²) in [5, 5.41) is 20.2. The summed E-state index contributed by atoms with van der Waals surface area (Å²) in [7, 11) is 0. The minimum atomic E-state index is -3.88. The molecule has 2 aliphatic heterocycles. The van der Waals surface area contributed by atoms with E-state index in [4.69, 9.17) is 36.1 Å². The number of fused-ring (bicyclic) bond motifs is 1. The van der Waals surface area contributed by atoms with Crippen LogP contribution in [0.4, 0.5) is 5.82 Å². The van der Waals surface area contributed by atoms with Crippen LogP contribution in [-0.2, 0) is 30.3 Å². The van der Waals surface area contributed by atoms with Crippen molar-refractivity contribution in [3.05, 3.63) is 45.3 Å². The van der Waals surface area contributed by atoms with Crippen LogP contribution in [0.3, 0.4) is 0 Å². The first kappa shape index (κ1) is 27.0. The number of nitrogens with one attached hydrogen (secondary N) is 1. The van der Waals surface area contributed by atoms with Crippen LogP contribution in [0.1, 0.15) is 30.9 Å². The van der Waals surface area contributed by atoms with Crippen molar-refractivity contribution < 1.29 is 33.6 Å². The molecule has 206 valence electrons. The number of H-pyrrole nitrogens is 1. The van der Waals surface area contributed by atoms with E-state index in [2.05, 4.69) is 19.9 Å². The molecule has 0 radical (unpaired) electrons. The number of aliphatic hydroxyl groups is 2. The molecule has 16 nitrogen and oxygen atoms in total. The predicted octanol–water partition coefficient (Wildman–Crippen LogP) is -1.19. The summed E-state index contributed by atoms with van der Waals surface area (Å²) < 4.78 is 25.5. The highest BCUT2D eigenvalue weighted by Gasteiger charge is 2.42. The zero-order valence-electron chi connectivity index (χ0n) is 20.0. The van der Waals surface area contributed by atoms with Crippen molar-refractivity contribution in [1.29, 1.82) is 0 Å². The molecule has 0 aliphatic carbocycles. The van der Waals surface area contributed by atoms with E-state index in [1.165, 1.54) is 30.3 Å². The van der Waals surface area contributed by atoms with Gasteiger partial charge >= 0.3 is 12.4 Å². The summed E-state index contributed by atoms with van der Waals surface area (Å²) in [4.78, 5) is 49.0. The summed E-state index contributed by atoms with van der Waals surface area (Å²) in [6, 6.07) is 0. The molecule has 3 unspecified atom stereocenters. The smallest absolute Gasteiger partial charge is 0.330 e. The van der Waals surface area contributed by atoms with E-state index in [1.807, 2.05) is 0 Å². The fourth-order valence-electron chi connectivity index (χ4n) is 4.43. The minimum Gasteiger partial charge on any atom is -0.394 e. The third-order valence-corrected chi connectivity index (χ3v) is 7.98. The number of hydrogen-bond donors (Lipinski definition) is 5. The molecular weight excluding hydrogens is 545 g/mol. The van der Waals surface area contributed by atoms with Crippen LogP contribution in [0.15, 0.2) is 28.4 Å². The van der Waals surface area contributed by atoms with E-state index in [1.54, 1.807) is 4.57 Å². The molecule has 2 aliphatic rings. The molecule has 7 atom stereocenters. The Bertz CT molecular complexity index is 1500. The third-order valence-electron chi connectivity index (χ3n) is 6.39. The van der Waals surface area contributed by atoms with E-state index < -0.39 is 61.4 Å². The fourth-order valence-corrected chi connectivity index (χ4v) is 5.91. The van der Waals surface area contributed by atoms with Crippen LogP contribution in [0, 0.1) is 6.92 Å². The van der Waals surface area contributed by atoms with Gasteiger partial charge in [0, 0.05) is 24.6 Å². The first-order valence-corrected chi connectivity index (χ1v) is 14.2. The van der Waals surface area contributed by atoms with E-state index in [0.717, 1.165) is 0 Å². The summed E-state index contributed by atoms with van der Waals surface area (Å²) in [6.07, 6.45) is -0.787. The number of nitrogens with two attached hydrogens (primary N) is 1. The summed E-state index contributed by atoms with van der Waals surface area (Å²) in [5.74, 6) is 0.205. The van der Waals surface area contributed by atoms with Crippen LogP contribution >= 0.6 is 6.72 Å². The van der Waals surface area contributed by atoms with E-state index in [9.17, 15) is 24.7 Å². The first-order valence-electron chi connectivity index (χ1n) is 11.6. The second-order valence-electron chi connectivity index (χ2n) is 8.95. The second kappa shape index (κ2) is 10.5. The maximum atomic E-state index is 12.2. The van der Waals surface area contributed by atoms with E-state index >= 15 is 0 Å². The number of imidazole rings is 1. The van der Waals surface area contributed by atoms with Gasteiger partial charge in [-0.1, -0.05) is 0 Å². The van der Waals surface area contributed by atoms with Crippen LogP contribution in [0.5, 0.6) is 0 Å². The number of anilines is 1. The number of nitrogen functional groups attached to an aromatic ring is 1. The SMILES string of the molecule is Cc1cn([C@H]2C[C@@H](O)C(COP(O)(=S)O[C@@H]3C[C@H](n4cnc5c(N)ncnc54)OC3CO)O2)c(=O)[nH]c1=O. The maximum absolute atomic E-state index is 12.2. The Morgan fingerprint density at radius 3 is 2.71 bits per heavy atom. The van der Waals surface area contributed by atoms with E-state index in [0.29, 0.717) is 16.7 Å². The molecule has 2 fully saturated rings. The van der Waals surface area contributed by atoms with Gasteiger partial charge in [0.25, 0.3) is 5.56 Å². The minimum absolute atomic E-state index is 0.0479. The van der Waals surface area contributed by atoms with Crippen molar-refractivity contribution >= 4 is 35.5 Å². The van der Waals surface area contributed by atoms with Crippen LogP contribution < -0.4 is 17.0 Å². The number of aromatic amines is 1. The van der Waals surface area contributed by atoms with Crippen molar-refractivity contribution in [3.8, 4) is 0 Å². The van der Waals surface area contributed by atoms with Crippen LogP contribution in [0.2, 0.25) is 0 Å².